The van der Waals surface area contributed by atoms with Crippen molar-refractivity contribution in [2.75, 3.05) is 20.2 Å². The van der Waals surface area contributed by atoms with Crippen LogP contribution in [-0.4, -0.2) is 59.2 Å². The maximum Gasteiger partial charge on any atom is 0.165 e. The number of benzene rings is 1. The molecule has 0 aromatic heterocycles. The molecule has 0 amide bonds. The molecule has 2 N–H and O–H groups in total. The van der Waals surface area contributed by atoms with Crippen molar-refractivity contribution in [2.45, 2.75) is 75.2 Å². The van der Waals surface area contributed by atoms with Crippen molar-refractivity contribution in [3.05, 3.63) is 23.3 Å². The molecular weight excluding hydrogens is 342 g/mol. The summed E-state index contributed by atoms with van der Waals surface area (Å²) in [5.41, 5.74) is 0.794. The molecule has 2 aliphatic heterocycles. The van der Waals surface area contributed by atoms with Gasteiger partial charge in [0.1, 0.15) is 6.10 Å². The lowest BCUT2D eigenvalue weighted by atomic mass is 9.53. The smallest absolute Gasteiger partial charge is 0.165 e. The molecule has 5 nitrogen and oxygen atoms in total. The summed E-state index contributed by atoms with van der Waals surface area (Å²) in [6, 6.07) is 3.86. The van der Waals surface area contributed by atoms with Crippen LogP contribution in [0, 0.1) is 5.92 Å². The molecule has 27 heavy (non-hydrogen) atoms. The van der Waals surface area contributed by atoms with E-state index >= 15 is 0 Å². The second-order valence-corrected chi connectivity index (χ2v) is 9.20. The van der Waals surface area contributed by atoms with Crippen molar-refractivity contribution in [3.8, 4) is 11.5 Å². The van der Waals surface area contributed by atoms with Crippen LogP contribution >= 0.6 is 0 Å². The largest absolute Gasteiger partial charge is 0.504 e. The van der Waals surface area contributed by atoms with Gasteiger partial charge in [0.15, 0.2) is 11.5 Å². The summed E-state index contributed by atoms with van der Waals surface area (Å²) in [6.07, 6.45) is 4.68. The van der Waals surface area contributed by atoms with E-state index < -0.39 is 11.0 Å². The number of hydrogen-bond acceptors (Lipinski definition) is 5. The van der Waals surface area contributed by atoms with E-state index in [0.29, 0.717) is 5.75 Å². The van der Waals surface area contributed by atoms with Gasteiger partial charge in [-0.3, -0.25) is 4.90 Å². The van der Waals surface area contributed by atoms with E-state index in [1.54, 1.807) is 13.2 Å². The summed E-state index contributed by atoms with van der Waals surface area (Å²) in [7, 11) is 1.72. The molecule has 1 unspecified atom stereocenters. The number of rotatable bonds is 5. The van der Waals surface area contributed by atoms with Gasteiger partial charge in [0.05, 0.1) is 17.1 Å². The molecule has 2 bridgehead atoms. The van der Waals surface area contributed by atoms with E-state index in [-0.39, 0.29) is 24.0 Å². The molecule has 0 radical (unpaired) electrons. The van der Waals surface area contributed by atoms with Gasteiger partial charge in [-0.15, -0.1) is 0 Å². The summed E-state index contributed by atoms with van der Waals surface area (Å²) in [5.74, 6) is 1.54. The zero-order chi connectivity index (χ0) is 19.0. The maximum atomic E-state index is 12.0. The lowest BCUT2D eigenvalue weighted by Gasteiger charge is -2.60. The monoisotopic (exact) mass is 373 g/mol. The van der Waals surface area contributed by atoms with Gasteiger partial charge in [0, 0.05) is 25.3 Å². The first-order valence-electron chi connectivity index (χ1n) is 10.4. The number of hydrogen-bond donors (Lipinski definition) is 2. The molecule has 1 saturated heterocycles. The standard InChI is InChI=1S/C22H31NO4/c1-4-16(26-3)20-22-9-10-23(12-13-5-6-13)17(21(22,2)25)11-14-7-8-15(24)19(27-20)18(14)22/h7-8,13,16-17,20,24-25H,4-6,9-12H2,1-3H3/t16-,17?,20+,21-,22+/m1/s1. The molecular formula is C22H31NO4. The number of fused-ring (bicyclic) bond motifs is 1. The fraction of sp³-hybridized carbons (Fsp3) is 0.727. The van der Waals surface area contributed by atoms with Gasteiger partial charge in [-0.25, -0.2) is 0 Å². The Balaban J connectivity index is 1.67. The van der Waals surface area contributed by atoms with Gasteiger partial charge in [-0.05, 0) is 63.1 Å². The predicted molar refractivity (Wildman–Crippen MR) is 102 cm³/mol. The van der Waals surface area contributed by atoms with Gasteiger partial charge in [-0.1, -0.05) is 13.0 Å². The number of likely N-dealkylation sites (tertiary alicyclic amines) is 1. The summed E-state index contributed by atoms with van der Waals surface area (Å²) >= 11 is 0. The number of phenols is 1. The third-order valence-electron chi connectivity index (χ3n) is 7.83. The van der Waals surface area contributed by atoms with Crippen LogP contribution < -0.4 is 4.74 Å². The number of phenolic OH excluding ortho intramolecular Hbond substituents is 1. The van der Waals surface area contributed by atoms with Crippen LogP contribution in [0.25, 0.3) is 0 Å². The molecule has 1 aromatic rings. The Kier molecular flexibility index (Phi) is 3.85. The van der Waals surface area contributed by atoms with E-state index in [0.717, 1.165) is 43.8 Å². The fourth-order valence-electron chi connectivity index (χ4n) is 6.24. The van der Waals surface area contributed by atoms with Crippen molar-refractivity contribution in [1.82, 2.24) is 4.90 Å². The molecule has 2 heterocycles. The fourth-order valence-corrected chi connectivity index (χ4v) is 6.24. The maximum absolute atomic E-state index is 12.0. The highest BCUT2D eigenvalue weighted by atomic mass is 16.5. The first-order chi connectivity index (χ1) is 12.9. The number of aliphatic hydroxyl groups is 1. The zero-order valence-electron chi connectivity index (χ0n) is 16.6. The minimum Gasteiger partial charge on any atom is -0.504 e. The molecule has 2 aliphatic carbocycles. The molecule has 2 fully saturated rings. The van der Waals surface area contributed by atoms with Crippen LogP contribution in [0.2, 0.25) is 0 Å². The average molecular weight is 373 g/mol. The van der Waals surface area contributed by atoms with Crippen LogP contribution in [0.4, 0.5) is 0 Å². The summed E-state index contributed by atoms with van der Waals surface area (Å²) < 4.78 is 12.2. The SMILES string of the molecule is CC[C@@H](OC)[C@@H]1Oc2c(O)ccc3c2[C@@]12CCN(CC1CC1)C(C3)[C@@]2(C)O. The van der Waals surface area contributed by atoms with E-state index in [1.165, 1.54) is 18.4 Å². The Hall–Kier alpha value is -1.30. The molecule has 5 rings (SSSR count). The highest BCUT2D eigenvalue weighted by molar-refractivity contribution is 5.61. The Morgan fingerprint density at radius 3 is 2.81 bits per heavy atom. The minimum atomic E-state index is -0.928. The van der Waals surface area contributed by atoms with Crippen LogP contribution in [0.5, 0.6) is 11.5 Å². The zero-order valence-corrected chi connectivity index (χ0v) is 16.6. The van der Waals surface area contributed by atoms with E-state index in [2.05, 4.69) is 11.8 Å². The number of piperidine rings is 1. The molecule has 4 aliphatic rings. The molecule has 1 spiro atoms. The number of aromatic hydroxyl groups is 1. The predicted octanol–water partition coefficient (Wildman–Crippen LogP) is 2.61. The molecule has 5 atom stereocenters. The van der Waals surface area contributed by atoms with Crippen molar-refractivity contribution in [2.24, 2.45) is 5.92 Å². The molecule has 1 aromatic carbocycles. The van der Waals surface area contributed by atoms with Crippen molar-refractivity contribution in [1.29, 1.82) is 0 Å². The van der Waals surface area contributed by atoms with Crippen LogP contribution in [0.15, 0.2) is 12.1 Å². The Bertz CT molecular complexity index is 755. The van der Waals surface area contributed by atoms with Crippen molar-refractivity contribution < 1.29 is 19.7 Å². The number of methoxy groups -OCH3 is 1. The van der Waals surface area contributed by atoms with Gasteiger partial charge in [0.2, 0.25) is 0 Å². The quantitative estimate of drug-likeness (QED) is 0.831. The second kappa shape index (κ2) is 5.85. The number of nitrogens with zero attached hydrogens (tertiary/aromatic N) is 1. The normalized spacial score (nSPS) is 38.4. The van der Waals surface area contributed by atoms with Gasteiger partial charge in [-0.2, -0.15) is 0 Å². The van der Waals surface area contributed by atoms with E-state index in [4.69, 9.17) is 9.47 Å². The molecule has 5 heteroatoms. The van der Waals surface area contributed by atoms with Crippen LogP contribution in [0.1, 0.15) is 50.7 Å². The lowest BCUT2D eigenvalue weighted by Crippen LogP contribution is -2.74. The van der Waals surface area contributed by atoms with Gasteiger partial charge < -0.3 is 19.7 Å². The van der Waals surface area contributed by atoms with Crippen molar-refractivity contribution in [3.63, 3.8) is 0 Å². The molecule has 148 valence electrons. The van der Waals surface area contributed by atoms with Gasteiger partial charge in [0.25, 0.3) is 0 Å². The van der Waals surface area contributed by atoms with Crippen LogP contribution in [-0.2, 0) is 16.6 Å². The third-order valence-corrected chi connectivity index (χ3v) is 7.83. The van der Waals surface area contributed by atoms with E-state index in [9.17, 15) is 10.2 Å². The minimum absolute atomic E-state index is 0.0790. The van der Waals surface area contributed by atoms with Crippen molar-refractivity contribution >= 4 is 0 Å². The highest BCUT2D eigenvalue weighted by Gasteiger charge is 2.69. The summed E-state index contributed by atoms with van der Waals surface area (Å²) in [6.45, 7) is 6.14. The lowest BCUT2D eigenvalue weighted by molar-refractivity contribution is -0.173. The first kappa shape index (κ1) is 17.8. The summed E-state index contributed by atoms with van der Waals surface area (Å²) in [5, 5.41) is 22.6. The number of ether oxygens (including phenoxy) is 2. The van der Waals surface area contributed by atoms with E-state index in [1.807, 2.05) is 13.0 Å². The third kappa shape index (κ3) is 2.22. The average Bonchev–Trinajstić information content (AvgIpc) is 3.37. The summed E-state index contributed by atoms with van der Waals surface area (Å²) in [4.78, 5) is 2.52. The van der Waals surface area contributed by atoms with Gasteiger partial charge >= 0.3 is 0 Å². The Morgan fingerprint density at radius 1 is 1.37 bits per heavy atom. The second-order valence-electron chi connectivity index (χ2n) is 9.20. The molecule has 1 saturated carbocycles. The van der Waals surface area contributed by atoms with Crippen LogP contribution in [0.3, 0.4) is 0 Å². The topological polar surface area (TPSA) is 62.2 Å². The Labute approximate surface area is 161 Å². The first-order valence-corrected chi connectivity index (χ1v) is 10.4. The highest BCUT2D eigenvalue weighted by Crippen LogP contribution is 2.62. The Morgan fingerprint density at radius 2 is 2.15 bits per heavy atom.